The van der Waals surface area contributed by atoms with Gasteiger partial charge in [0.25, 0.3) is 12.0 Å². The van der Waals surface area contributed by atoms with Crippen LogP contribution in [-0.4, -0.2) is 69.1 Å². The fraction of sp³-hybridized carbons (Fsp3) is 0.696. The predicted octanol–water partition coefficient (Wildman–Crippen LogP) is 3.51. The summed E-state index contributed by atoms with van der Waals surface area (Å²) in [6, 6.07) is -0.366. The Kier molecular flexibility index (Phi) is 6.58. The molecule has 11 heteroatoms. The average molecular weight is 482 g/mol. The second-order valence-corrected chi connectivity index (χ2v) is 10.1. The fourth-order valence-corrected chi connectivity index (χ4v) is 4.58. The number of nitrogens with zero attached hydrogens (tertiary/aromatic N) is 5. The van der Waals surface area contributed by atoms with Gasteiger partial charge < -0.3 is 23.8 Å². The molecule has 2 aromatic heterocycles. The van der Waals surface area contributed by atoms with E-state index in [0.717, 1.165) is 19.3 Å². The number of fused-ring (bicyclic) bond motifs is 1. The van der Waals surface area contributed by atoms with Gasteiger partial charge in [0.2, 0.25) is 0 Å². The van der Waals surface area contributed by atoms with Crippen molar-refractivity contribution in [1.29, 1.82) is 0 Å². The number of aryl methyl sites for hydroxylation is 1. The Labute approximate surface area is 197 Å². The minimum atomic E-state index is -2.75. The van der Waals surface area contributed by atoms with E-state index in [2.05, 4.69) is 5.10 Å². The molecule has 0 spiro atoms. The number of piperazine rings is 1. The van der Waals surface area contributed by atoms with Gasteiger partial charge in [0.05, 0.1) is 23.9 Å². The van der Waals surface area contributed by atoms with Crippen molar-refractivity contribution < 1.29 is 23.0 Å². The van der Waals surface area contributed by atoms with Crippen molar-refractivity contribution in [2.45, 2.75) is 77.3 Å². The summed E-state index contributed by atoms with van der Waals surface area (Å²) in [4.78, 5) is 28.3. The second-order valence-electron chi connectivity index (χ2n) is 10.1. The van der Waals surface area contributed by atoms with Crippen molar-refractivity contribution >= 4 is 22.8 Å². The molecule has 3 atom stereocenters. The molecule has 0 radical (unpaired) electrons. The van der Waals surface area contributed by atoms with Gasteiger partial charge in [-0.2, -0.15) is 5.10 Å². The lowest BCUT2D eigenvalue weighted by Crippen LogP contribution is -2.62. The van der Waals surface area contributed by atoms with E-state index >= 15 is 0 Å². The first-order chi connectivity index (χ1) is 16.0. The molecule has 9 nitrogen and oxygen atoms in total. The van der Waals surface area contributed by atoms with Gasteiger partial charge in [0, 0.05) is 32.3 Å². The number of anilines is 1. The molecule has 2 aromatic rings. The number of amides is 1. The number of halogens is 2. The number of carbonyl (C=O) groups is 1. The summed E-state index contributed by atoms with van der Waals surface area (Å²) in [5.74, 6) is 0. The number of rotatable bonds is 3. The topological polar surface area (TPSA) is 81.8 Å². The number of pyridine rings is 1. The van der Waals surface area contributed by atoms with E-state index < -0.39 is 30.2 Å². The third-order valence-electron chi connectivity index (χ3n) is 6.36. The molecule has 0 aliphatic carbocycles. The first-order valence-electron chi connectivity index (χ1n) is 11.7. The highest BCUT2D eigenvalue weighted by atomic mass is 19.3. The van der Waals surface area contributed by atoms with Gasteiger partial charge in [-0.3, -0.25) is 4.79 Å². The molecule has 4 heterocycles. The van der Waals surface area contributed by atoms with Gasteiger partial charge >= 0.3 is 6.09 Å². The van der Waals surface area contributed by atoms with Crippen LogP contribution in [-0.2, 0) is 16.5 Å². The van der Waals surface area contributed by atoms with E-state index in [4.69, 9.17) is 9.47 Å². The minimum absolute atomic E-state index is 0.114. The maximum absolute atomic E-state index is 14.3. The van der Waals surface area contributed by atoms with Crippen LogP contribution >= 0.6 is 0 Å². The van der Waals surface area contributed by atoms with Crippen molar-refractivity contribution in [2.24, 2.45) is 7.05 Å². The van der Waals surface area contributed by atoms with Crippen LogP contribution in [0.15, 0.2) is 17.1 Å². The Morgan fingerprint density at radius 1 is 1.26 bits per heavy atom. The van der Waals surface area contributed by atoms with Crippen molar-refractivity contribution in [3.05, 3.63) is 22.6 Å². The minimum Gasteiger partial charge on any atom is -0.444 e. The Hall–Kier alpha value is -2.69. The van der Waals surface area contributed by atoms with Gasteiger partial charge in [0.1, 0.15) is 23.4 Å². The molecule has 0 saturated carbocycles. The SMILES string of the molecule is C[C@@H]1CN(c2cc(=O)n(C)c3cn(C4CCCCO4)nc23)[C@@H](C(F)F)CN1C(=O)OC(C)(C)C. The lowest BCUT2D eigenvalue weighted by Gasteiger charge is -2.46. The standard InChI is InChI=1S/C23H33F2N5O4/c1-14-11-29(17(21(24)25)12-28(14)22(32)34-23(2,3)4)15-10-18(31)27(5)16-13-30(26-20(15)16)19-8-6-7-9-33-19/h10,13-14,17,19,21H,6-9,11-12H2,1-5H3/t14-,17-,19?/m1/s1. The summed E-state index contributed by atoms with van der Waals surface area (Å²) < 4.78 is 43.0. The number of alkyl halides is 2. The number of hydrogen-bond acceptors (Lipinski definition) is 6. The van der Waals surface area contributed by atoms with Crippen LogP contribution in [0.5, 0.6) is 0 Å². The molecular weight excluding hydrogens is 448 g/mol. The van der Waals surface area contributed by atoms with Gasteiger partial charge in [-0.05, 0) is 47.0 Å². The van der Waals surface area contributed by atoms with E-state index in [9.17, 15) is 18.4 Å². The van der Waals surface area contributed by atoms with Gasteiger partial charge in [-0.1, -0.05) is 0 Å². The molecule has 188 valence electrons. The second kappa shape index (κ2) is 9.16. The van der Waals surface area contributed by atoms with Crippen LogP contribution in [0.2, 0.25) is 0 Å². The Morgan fingerprint density at radius 3 is 2.62 bits per heavy atom. The quantitative estimate of drug-likeness (QED) is 0.667. The van der Waals surface area contributed by atoms with Gasteiger partial charge in [-0.15, -0.1) is 0 Å². The largest absolute Gasteiger partial charge is 0.444 e. The molecular formula is C23H33F2N5O4. The molecule has 1 unspecified atom stereocenters. The normalized spacial score (nSPS) is 24.2. The van der Waals surface area contributed by atoms with Crippen LogP contribution in [0.4, 0.5) is 19.3 Å². The number of hydrogen-bond donors (Lipinski definition) is 0. The number of aromatic nitrogens is 3. The average Bonchev–Trinajstić information content (AvgIpc) is 3.21. The molecule has 2 saturated heterocycles. The van der Waals surface area contributed by atoms with E-state index in [-0.39, 0.29) is 24.9 Å². The maximum atomic E-state index is 14.3. The van der Waals surface area contributed by atoms with Crippen LogP contribution < -0.4 is 10.5 Å². The van der Waals surface area contributed by atoms with Gasteiger partial charge in [-0.25, -0.2) is 18.3 Å². The summed E-state index contributed by atoms with van der Waals surface area (Å²) in [5, 5.41) is 4.68. The Morgan fingerprint density at radius 2 is 2.00 bits per heavy atom. The number of carbonyl (C=O) groups excluding carboxylic acids is 1. The van der Waals surface area contributed by atoms with Crippen LogP contribution in [0.3, 0.4) is 0 Å². The molecule has 4 rings (SSSR count). The third kappa shape index (κ3) is 4.75. The lowest BCUT2D eigenvalue weighted by atomic mass is 10.1. The van der Waals surface area contributed by atoms with E-state index in [1.54, 1.807) is 45.6 Å². The third-order valence-corrected chi connectivity index (χ3v) is 6.36. The number of ether oxygens (including phenoxy) is 2. The van der Waals surface area contributed by atoms with Crippen molar-refractivity contribution in [3.63, 3.8) is 0 Å². The predicted molar refractivity (Wildman–Crippen MR) is 123 cm³/mol. The summed E-state index contributed by atoms with van der Waals surface area (Å²) in [6.07, 6.45) is 0.897. The first kappa shape index (κ1) is 24.4. The van der Waals surface area contributed by atoms with E-state index in [1.165, 1.54) is 20.4 Å². The zero-order chi connectivity index (χ0) is 24.8. The van der Waals surface area contributed by atoms with Crippen LogP contribution in [0.1, 0.15) is 53.2 Å². The lowest BCUT2D eigenvalue weighted by molar-refractivity contribution is -0.0391. The first-order valence-corrected chi connectivity index (χ1v) is 11.7. The smallest absolute Gasteiger partial charge is 0.410 e. The zero-order valence-corrected chi connectivity index (χ0v) is 20.3. The molecule has 0 bridgehead atoms. The molecule has 0 aromatic carbocycles. The molecule has 2 fully saturated rings. The molecule has 2 aliphatic rings. The van der Waals surface area contributed by atoms with Crippen molar-refractivity contribution in [1.82, 2.24) is 19.2 Å². The van der Waals surface area contributed by atoms with E-state index in [0.29, 0.717) is 23.3 Å². The zero-order valence-electron chi connectivity index (χ0n) is 20.3. The van der Waals surface area contributed by atoms with Crippen LogP contribution in [0, 0.1) is 0 Å². The summed E-state index contributed by atoms with van der Waals surface area (Å²) in [6.45, 7) is 7.51. The van der Waals surface area contributed by atoms with Crippen molar-refractivity contribution in [2.75, 3.05) is 24.6 Å². The summed E-state index contributed by atoms with van der Waals surface area (Å²) in [5.41, 5.74) is 0.294. The van der Waals surface area contributed by atoms with Gasteiger partial charge in [0.15, 0.2) is 0 Å². The van der Waals surface area contributed by atoms with Crippen molar-refractivity contribution in [3.8, 4) is 0 Å². The highest BCUT2D eigenvalue weighted by Crippen LogP contribution is 2.33. The monoisotopic (exact) mass is 481 g/mol. The molecule has 0 N–H and O–H groups in total. The Balaban J connectivity index is 1.72. The highest BCUT2D eigenvalue weighted by Gasteiger charge is 2.41. The molecule has 1 amide bonds. The maximum Gasteiger partial charge on any atom is 0.410 e. The van der Waals surface area contributed by atoms with E-state index in [1.807, 2.05) is 0 Å². The Bertz CT molecular complexity index is 1100. The summed E-state index contributed by atoms with van der Waals surface area (Å²) in [7, 11) is 1.63. The van der Waals surface area contributed by atoms with Crippen LogP contribution in [0.25, 0.3) is 11.0 Å². The summed E-state index contributed by atoms with van der Waals surface area (Å²) >= 11 is 0. The molecule has 2 aliphatic heterocycles. The molecule has 34 heavy (non-hydrogen) atoms. The highest BCUT2D eigenvalue weighted by molar-refractivity contribution is 5.88. The fourth-order valence-electron chi connectivity index (χ4n) is 4.58.